The Bertz CT molecular complexity index is 1180. The zero-order valence-corrected chi connectivity index (χ0v) is 13.2. The molecule has 1 heterocycles. The Morgan fingerprint density at radius 1 is 0.591 bits per heavy atom. The average molecular weight is 319 g/mol. The predicted octanol–water partition coefficient (Wildman–Crippen LogP) is 7.01. The summed E-state index contributed by atoms with van der Waals surface area (Å²) in [6, 6.07) is 21.7. The molecule has 0 atom stereocenters. The Balaban J connectivity index is 2.00. The van der Waals surface area contributed by atoms with Gasteiger partial charge in [-0.1, -0.05) is 35.9 Å². The second-order valence-electron chi connectivity index (χ2n) is 5.62. The maximum Gasteiger partial charge on any atom is 0.0412 e. The Morgan fingerprint density at radius 3 is 2.36 bits per heavy atom. The number of benzene rings is 4. The van der Waals surface area contributed by atoms with Gasteiger partial charge in [-0.05, 0) is 74.1 Å². The van der Waals surface area contributed by atoms with Crippen LogP contribution in [0.5, 0.6) is 0 Å². The van der Waals surface area contributed by atoms with Crippen molar-refractivity contribution in [3.8, 4) is 0 Å². The molecule has 4 aromatic carbocycles. The molecule has 0 radical (unpaired) electrons. The van der Waals surface area contributed by atoms with Crippen LogP contribution in [0.15, 0.2) is 66.0 Å². The van der Waals surface area contributed by atoms with Gasteiger partial charge in [0.15, 0.2) is 0 Å². The molecule has 104 valence electrons. The molecule has 0 aliphatic carbocycles. The van der Waals surface area contributed by atoms with Crippen LogP contribution in [-0.2, 0) is 0 Å². The molecular formula is C20H11ClS. The first-order valence-corrected chi connectivity index (χ1v) is 8.47. The van der Waals surface area contributed by atoms with Crippen LogP contribution in [0.3, 0.4) is 0 Å². The number of hydrogen-bond donors (Lipinski definition) is 0. The monoisotopic (exact) mass is 318 g/mol. The van der Waals surface area contributed by atoms with Crippen molar-refractivity contribution in [2.24, 2.45) is 0 Å². The molecule has 5 aromatic rings. The highest BCUT2D eigenvalue weighted by atomic mass is 35.5. The first kappa shape index (κ1) is 12.5. The highest BCUT2D eigenvalue weighted by Crippen LogP contribution is 2.35. The van der Waals surface area contributed by atoms with E-state index in [1.807, 2.05) is 12.1 Å². The molecule has 0 unspecified atom stereocenters. The number of fused-ring (bicyclic) bond motifs is 6. The number of rotatable bonds is 0. The summed E-state index contributed by atoms with van der Waals surface area (Å²) in [5, 5.41) is 11.9. The second-order valence-corrected chi connectivity index (χ2v) is 7.01. The lowest BCUT2D eigenvalue weighted by Gasteiger charge is -2.08. The van der Waals surface area contributed by atoms with Gasteiger partial charge >= 0.3 is 0 Å². The van der Waals surface area contributed by atoms with Gasteiger partial charge in [-0.3, -0.25) is 0 Å². The number of halogens is 1. The maximum atomic E-state index is 6.12. The fourth-order valence-corrected chi connectivity index (χ4v) is 4.29. The third-order valence-electron chi connectivity index (χ3n) is 4.37. The molecular weight excluding hydrogens is 308 g/mol. The molecule has 5 rings (SSSR count). The minimum absolute atomic E-state index is 0.785. The summed E-state index contributed by atoms with van der Waals surface area (Å²) in [6.07, 6.45) is 0. The molecule has 0 fully saturated rings. The van der Waals surface area contributed by atoms with Crippen molar-refractivity contribution >= 4 is 65.3 Å². The Kier molecular flexibility index (Phi) is 2.52. The van der Waals surface area contributed by atoms with Gasteiger partial charge in [-0.2, -0.15) is 0 Å². The minimum Gasteiger partial charge on any atom is -0.144 e. The van der Waals surface area contributed by atoms with Crippen molar-refractivity contribution in [3.63, 3.8) is 0 Å². The molecule has 22 heavy (non-hydrogen) atoms. The van der Waals surface area contributed by atoms with Crippen molar-refractivity contribution < 1.29 is 0 Å². The van der Waals surface area contributed by atoms with Gasteiger partial charge in [0.1, 0.15) is 0 Å². The first-order valence-electron chi connectivity index (χ1n) is 7.21. The Labute approximate surface area is 136 Å². The largest absolute Gasteiger partial charge is 0.144 e. The van der Waals surface area contributed by atoms with E-state index in [1.54, 1.807) is 11.3 Å². The van der Waals surface area contributed by atoms with Gasteiger partial charge in [0.25, 0.3) is 0 Å². The summed E-state index contributed by atoms with van der Waals surface area (Å²) in [6.45, 7) is 0. The summed E-state index contributed by atoms with van der Waals surface area (Å²) in [4.78, 5) is 0. The van der Waals surface area contributed by atoms with E-state index in [4.69, 9.17) is 11.6 Å². The number of hydrogen-bond acceptors (Lipinski definition) is 1. The lowest BCUT2D eigenvalue weighted by molar-refractivity contribution is 1.79. The van der Waals surface area contributed by atoms with E-state index in [9.17, 15) is 0 Å². The van der Waals surface area contributed by atoms with Crippen molar-refractivity contribution in [3.05, 3.63) is 71.1 Å². The third kappa shape index (κ3) is 1.70. The summed E-state index contributed by atoms with van der Waals surface area (Å²) in [5.41, 5.74) is 0. The van der Waals surface area contributed by atoms with Gasteiger partial charge in [0, 0.05) is 15.1 Å². The van der Waals surface area contributed by atoms with Crippen molar-refractivity contribution in [2.45, 2.75) is 0 Å². The molecule has 1 aromatic heterocycles. The van der Waals surface area contributed by atoms with E-state index in [0.717, 1.165) is 5.02 Å². The van der Waals surface area contributed by atoms with Crippen LogP contribution in [0.1, 0.15) is 0 Å². The van der Waals surface area contributed by atoms with Crippen molar-refractivity contribution in [1.82, 2.24) is 0 Å². The highest BCUT2D eigenvalue weighted by Gasteiger charge is 2.06. The molecule has 0 saturated heterocycles. The molecule has 0 amide bonds. The van der Waals surface area contributed by atoms with E-state index in [-0.39, 0.29) is 0 Å². The zero-order chi connectivity index (χ0) is 14.7. The summed E-state index contributed by atoms with van der Waals surface area (Å²) in [7, 11) is 0. The topological polar surface area (TPSA) is 0 Å². The SMILES string of the molecule is Clc1ccc2cc3c(ccc4c5ccsc5ccc34)cc2c1. The molecule has 0 saturated carbocycles. The minimum atomic E-state index is 0.785. The van der Waals surface area contributed by atoms with Crippen molar-refractivity contribution in [1.29, 1.82) is 0 Å². The van der Waals surface area contributed by atoms with Crippen LogP contribution in [0.25, 0.3) is 42.4 Å². The zero-order valence-electron chi connectivity index (χ0n) is 11.6. The molecule has 0 nitrogen and oxygen atoms in total. The molecule has 0 aliphatic heterocycles. The molecule has 0 spiro atoms. The quantitative estimate of drug-likeness (QED) is 0.213. The molecule has 0 aliphatic rings. The van der Waals surface area contributed by atoms with Gasteiger partial charge in [-0.15, -0.1) is 11.3 Å². The summed E-state index contributed by atoms with van der Waals surface area (Å²) < 4.78 is 1.35. The van der Waals surface area contributed by atoms with Gasteiger partial charge in [0.2, 0.25) is 0 Å². The standard InChI is InChI=1S/C20H11ClS/c21-15-3-1-12-11-19-13(9-14(12)10-15)2-4-16-17(19)5-6-20-18(16)7-8-22-20/h1-11H. The lowest BCUT2D eigenvalue weighted by atomic mass is 9.97. The van der Waals surface area contributed by atoms with E-state index in [1.165, 1.54) is 42.4 Å². The first-order chi connectivity index (χ1) is 10.8. The van der Waals surface area contributed by atoms with E-state index in [2.05, 4.69) is 53.9 Å². The number of thiophene rings is 1. The van der Waals surface area contributed by atoms with Gasteiger partial charge in [-0.25, -0.2) is 0 Å². The van der Waals surface area contributed by atoms with Gasteiger partial charge in [0.05, 0.1) is 0 Å². The van der Waals surface area contributed by atoms with Crippen LogP contribution in [-0.4, -0.2) is 0 Å². The van der Waals surface area contributed by atoms with Crippen LogP contribution in [0, 0.1) is 0 Å². The Morgan fingerprint density at radius 2 is 1.41 bits per heavy atom. The van der Waals surface area contributed by atoms with E-state index >= 15 is 0 Å². The molecule has 0 bridgehead atoms. The fourth-order valence-electron chi connectivity index (χ4n) is 3.31. The lowest BCUT2D eigenvalue weighted by Crippen LogP contribution is -1.80. The van der Waals surface area contributed by atoms with Crippen LogP contribution < -0.4 is 0 Å². The molecule has 0 N–H and O–H groups in total. The van der Waals surface area contributed by atoms with Crippen LogP contribution >= 0.6 is 22.9 Å². The normalized spacial score (nSPS) is 11.9. The van der Waals surface area contributed by atoms with Crippen LogP contribution in [0.2, 0.25) is 5.02 Å². The second kappa shape index (κ2) is 4.45. The summed E-state index contributed by atoms with van der Waals surface area (Å²) >= 11 is 7.92. The maximum absolute atomic E-state index is 6.12. The fraction of sp³-hybridized carbons (Fsp3) is 0. The highest BCUT2D eigenvalue weighted by molar-refractivity contribution is 7.17. The smallest absolute Gasteiger partial charge is 0.0412 e. The average Bonchev–Trinajstić information content (AvgIpc) is 3.01. The van der Waals surface area contributed by atoms with E-state index < -0.39 is 0 Å². The summed E-state index contributed by atoms with van der Waals surface area (Å²) in [5.74, 6) is 0. The van der Waals surface area contributed by atoms with Crippen molar-refractivity contribution in [2.75, 3.05) is 0 Å². The van der Waals surface area contributed by atoms with E-state index in [0.29, 0.717) is 0 Å². The molecule has 2 heteroatoms. The van der Waals surface area contributed by atoms with Crippen LogP contribution in [0.4, 0.5) is 0 Å². The predicted molar refractivity (Wildman–Crippen MR) is 99.4 cm³/mol. The third-order valence-corrected chi connectivity index (χ3v) is 5.48. The Hall–Kier alpha value is -2.09. The van der Waals surface area contributed by atoms with Gasteiger partial charge < -0.3 is 0 Å².